The van der Waals surface area contributed by atoms with Gasteiger partial charge in [0.2, 0.25) is 0 Å². The SMILES string of the molecule is CCC[N-]CCC.C[N-]C.C[N-]C.C[N-]C.[Hf+4]. The minimum atomic E-state index is 0. The van der Waals surface area contributed by atoms with E-state index in [9.17, 15) is 0 Å². The Morgan fingerprint density at radius 1 is 0.588 bits per heavy atom. The van der Waals surface area contributed by atoms with Crippen LogP contribution in [0.4, 0.5) is 0 Å². The van der Waals surface area contributed by atoms with E-state index in [1.165, 1.54) is 12.8 Å². The van der Waals surface area contributed by atoms with Gasteiger partial charge < -0.3 is 21.3 Å². The molecule has 104 valence electrons. The van der Waals surface area contributed by atoms with Gasteiger partial charge in [-0.25, -0.2) is 0 Å². The van der Waals surface area contributed by atoms with Crippen LogP contribution in [0.3, 0.4) is 0 Å². The maximum absolute atomic E-state index is 4.21. The molecule has 4 nitrogen and oxygen atoms in total. The zero-order valence-electron chi connectivity index (χ0n) is 13.1. The fraction of sp³-hybridized carbons (Fsp3) is 1.00. The van der Waals surface area contributed by atoms with E-state index in [2.05, 4.69) is 35.1 Å². The molecule has 0 aliphatic heterocycles. The first-order chi connectivity index (χ1) is 7.66. The molecule has 0 aromatic carbocycles. The number of hydrogen-bond acceptors (Lipinski definition) is 0. The largest absolute Gasteiger partial charge is 4.00 e. The summed E-state index contributed by atoms with van der Waals surface area (Å²) in [6.07, 6.45) is 2.39. The van der Waals surface area contributed by atoms with Gasteiger partial charge in [-0.1, -0.05) is 26.7 Å². The fourth-order valence-electron chi connectivity index (χ4n) is 0.428. The summed E-state index contributed by atoms with van der Waals surface area (Å²) in [6.45, 7) is 6.40. The Balaban J connectivity index is -0.0000000411. The molecule has 0 N–H and O–H groups in total. The van der Waals surface area contributed by atoms with E-state index in [0.29, 0.717) is 0 Å². The minimum absolute atomic E-state index is 0. The Morgan fingerprint density at radius 2 is 0.765 bits per heavy atom. The molecule has 0 bridgehead atoms. The molecule has 0 aromatic rings. The Labute approximate surface area is 129 Å². The van der Waals surface area contributed by atoms with E-state index in [1.54, 1.807) is 42.3 Å². The van der Waals surface area contributed by atoms with Crippen molar-refractivity contribution >= 4 is 0 Å². The monoisotopic (exact) mass is 412 g/mol. The molecule has 0 amide bonds. The predicted octanol–water partition coefficient (Wildman–Crippen LogP) is 4.04. The molecular weight excluding hydrogens is 379 g/mol. The maximum Gasteiger partial charge on any atom is 4.00 e. The summed E-state index contributed by atoms with van der Waals surface area (Å²) in [5.74, 6) is 0. The average Bonchev–Trinajstić information content (AvgIpc) is 2.22. The van der Waals surface area contributed by atoms with Gasteiger partial charge in [-0.15, -0.1) is 13.1 Å². The first-order valence-corrected chi connectivity index (χ1v) is 5.73. The van der Waals surface area contributed by atoms with Crippen molar-refractivity contribution in [2.24, 2.45) is 0 Å². The molecule has 0 saturated heterocycles. The van der Waals surface area contributed by atoms with Crippen LogP contribution < -0.4 is 0 Å². The first kappa shape index (κ1) is 30.6. The van der Waals surface area contributed by atoms with Gasteiger partial charge in [-0.05, 0) is 0 Å². The smallest absolute Gasteiger partial charge is 0.668 e. The molecule has 0 aliphatic rings. The second kappa shape index (κ2) is 54.4. The van der Waals surface area contributed by atoms with Gasteiger partial charge in [0.05, 0.1) is 0 Å². The van der Waals surface area contributed by atoms with Crippen molar-refractivity contribution in [2.45, 2.75) is 26.7 Å². The van der Waals surface area contributed by atoms with E-state index < -0.39 is 0 Å². The van der Waals surface area contributed by atoms with Crippen LogP contribution in [0.1, 0.15) is 26.7 Å². The van der Waals surface area contributed by atoms with Crippen molar-refractivity contribution in [1.29, 1.82) is 0 Å². The summed E-state index contributed by atoms with van der Waals surface area (Å²) in [5, 5.41) is 14.7. The van der Waals surface area contributed by atoms with Crippen LogP contribution in [-0.4, -0.2) is 55.4 Å². The summed E-state index contributed by atoms with van der Waals surface area (Å²) in [4.78, 5) is 0. The zero-order valence-corrected chi connectivity index (χ0v) is 16.7. The van der Waals surface area contributed by atoms with Crippen LogP contribution in [0.5, 0.6) is 0 Å². The molecule has 0 spiro atoms. The molecule has 0 atom stereocenters. The van der Waals surface area contributed by atoms with Crippen molar-refractivity contribution in [2.75, 3.05) is 55.4 Å². The summed E-state index contributed by atoms with van der Waals surface area (Å²) in [5.41, 5.74) is 0. The van der Waals surface area contributed by atoms with Crippen molar-refractivity contribution in [3.05, 3.63) is 21.3 Å². The van der Waals surface area contributed by atoms with E-state index in [-0.39, 0.29) is 25.8 Å². The van der Waals surface area contributed by atoms with E-state index >= 15 is 0 Å². The van der Waals surface area contributed by atoms with Crippen LogP contribution in [-0.2, 0) is 25.8 Å². The second-order valence-electron chi connectivity index (χ2n) is 3.01. The summed E-state index contributed by atoms with van der Waals surface area (Å²) in [6, 6.07) is 0. The first-order valence-electron chi connectivity index (χ1n) is 5.73. The number of rotatable bonds is 4. The van der Waals surface area contributed by atoms with Gasteiger partial charge in [0.15, 0.2) is 0 Å². The molecule has 0 aromatic heterocycles. The molecule has 5 heteroatoms. The summed E-state index contributed by atoms with van der Waals surface area (Å²) >= 11 is 0. The minimum Gasteiger partial charge on any atom is -0.668 e. The molecule has 0 unspecified atom stereocenters. The van der Waals surface area contributed by atoms with Crippen LogP contribution in [0.25, 0.3) is 21.3 Å². The molecular formula is C12H32HfN4. The van der Waals surface area contributed by atoms with Crippen molar-refractivity contribution in [1.82, 2.24) is 0 Å². The van der Waals surface area contributed by atoms with E-state index in [4.69, 9.17) is 0 Å². The topological polar surface area (TPSA) is 56.4 Å². The van der Waals surface area contributed by atoms with Crippen molar-refractivity contribution < 1.29 is 25.8 Å². The quantitative estimate of drug-likeness (QED) is 0.496. The Morgan fingerprint density at radius 3 is 0.882 bits per heavy atom. The third kappa shape index (κ3) is 163. The molecule has 0 heterocycles. The third-order valence-electron chi connectivity index (χ3n) is 0.763. The summed E-state index contributed by atoms with van der Waals surface area (Å²) in [7, 11) is 10.5. The molecule has 17 heavy (non-hydrogen) atoms. The average molecular weight is 411 g/mol. The second-order valence-corrected chi connectivity index (χ2v) is 3.01. The van der Waals surface area contributed by atoms with Crippen molar-refractivity contribution in [3.8, 4) is 0 Å². The normalized spacial score (nSPS) is 7.06. The van der Waals surface area contributed by atoms with Gasteiger partial charge in [-0.2, -0.15) is 42.3 Å². The molecule has 0 aliphatic carbocycles. The molecule has 0 saturated carbocycles. The third-order valence-corrected chi connectivity index (χ3v) is 0.763. The Hall–Kier alpha value is 0.710. The van der Waals surface area contributed by atoms with Crippen LogP contribution in [0, 0.1) is 0 Å². The van der Waals surface area contributed by atoms with Gasteiger partial charge in [0, 0.05) is 0 Å². The molecule has 0 fully saturated rings. The zero-order chi connectivity index (χ0) is 13.7. The van der Waals surface area contributed by atoms with E-state index in [0.717, 1.165) is 13.1 Å². The van der Waals surface area contributed by atoms with Crippen LogP contribution >= 0.6 is 0 Å². The van der Waals surface area contributed by atoms with Gasteiger partial charge >= 0.3 is 25.8 Å². The summed E-state index contributed by atoms with van der Waals surface area (Å²) < 4.78 is 0. The molecule has 0 rings (SSSR count). The van der Waals surface area contributed by atoms with Gasteiger partial charge in [0.25, 0.3) is 0 Å². The van der Waals surface area contributed by atoms with Crippen molar-refractivity contribution in [3.63, 3.8) is 0 Å². The van der Waals surface area contributed by atoms with E-state index in [1.807, 2.05) is 0 Å². The predicted molar refractivity (Wildman–Crippen MR) is 79.3 cm³/mol. The fourth-order valence-corrected chi connectivity index (χ4v) is 0.428. The number of nitrogens with zero attached hydrogens (tertiary/aromatic N) is 4. The van der Waals surface area contributed by atoms with Crippen LogP contribution in [0.15, 0.2) is 0 Å². The van der Waals surface area contributed by atoms with Crippen LogP contribution in [0.2, 0.25) is 0 Å². The standard InChI is InChI=1S/C6H14N.3C2H6N.Hf/c1-3-5-7-6-4-2;3*1-3-2;/h3-6H2,1-2H3;3*1-2H3;/q4*-1;+4. The van der Waals surface area contributed by atoms with Gasteiger partial charge in [-0.3, -0.25) is 0 Å². The Kier molecular flexibility index (Phi) is 97.9. The Bertz CT molecular complexity index is 57.7. The maximum atomic E-state index is 4.21. The molecule has 0 radical (unpaired) electrons. The number of hydrogen-bond donors (Lipinski definition) is 0. The van der Waals surface area contributed by atoms with Gasteiger partial charge in [0.1, 0.15) is 0 Å².